The van der Waals surface area contributed by atoms with E-state index in [4.69, 9.17) is 28.4 Å². The van der Waals surface area contributed by atoms with Crippen molar-refractivity contribution in [3.63, 3.8) is 0 Å². The minimum absolute atomic E-state index is 0.0386. The van der Waals surface area contributed by atoms with Gasteiger partial charge in [0.25, 0.3) is 0 Å². The van der Waals surface area contributed by atoms with Crippen LogP contribution < -0.4 is 0 Å². The van der Waals surface area contributed by atoms with Crippen molar-refractivity contribution in [3.05, 3.63) is 22.7 Å². The number of methoxy groups -OCH3 is 2. The van der Waals surface area contributed by atoms with Crippen LogP contribution >= 0.6 is 0 Å². The number of esters is 4. The molecule has 0 spiro atoms. The van der Waals surface area contributed by atoms with Crippen molar-refractivity contribution in [2.45, 2.75) is 105 Å². The summed E-state index contributed by atoms with van der Waals surface area (Å²) in [6.45, 7) is 20.4. The van der Waals surface area contributed by atoms with Gasteiger partial charge in [0.2, 0.25) is 0 Å². The van der Waals surface area contributed by atoms with Gasteiger partial charge in [0, 0.05) is 11.8 Å². The highest BCUT2D eigenvalue weighted by Gasteiger charge is 2.64. The van der Waals surface area contributed by atoms with Crippen molar-refractivity contribution in [2.24, 2.45) is 23.7 Å². The van der Waals surface area contributed by atoms with Gasteiger partial charge in [-0.2, -0.15) is 0 Å². The number of fused-ring (bicyclic) bond motifs is 1. The van der Waals surface area contributed by atoms with Gasteiger partial charge >= 0.3 is 23.9 Å². The molecular weight excluding hydrogens is 520 g/mol. The molecule has 0 saturated heterocycles. The molecular formula is C30H46O10. The zero-order chi connectivity index (χ0) is 31.2. The number of rotatable bonds is 6. The van der Waals surface area contributed by atoms with Crippen LogP contribution in [0.4, 0.5) is 0 Å². The Morgan fingerprint density at radius 3 is 0.925 bits per heavy atom. The van der Waals surface area contributed by atoms with Crippen molar-refractivity contribution in [1.82, 2.24) is 0 Å². The van der Waals surface area contributed by atoms with Crippen molar-refractivity contribution in [3.8, 4) is 0 Å². The van der Waals surface area contributed by atoms with Crippen LogP contribution in [0.1, 0.15) is 83.1 Å². The smallest absolute Gasteiger partial charge is 0.338 e. The molecule has 2 rings (SSSR count). The van der Waals surface area contributed by atoms with E-state index in [1.807, 2.05) is 0 Å². The number of carbonyl (C=O) groups excluding carboxylic acids is 4. The molecule has 40 heavy (non-hydrogen) atoms. The van der Waals surface area contributed by atoms with Gasteiger partial charge in [0.05, 0.1) is 25.4 Å². The van der Waals surface area contributed by atoms with E-state index in [0.717, 1.165) is 0 Å². The first-order valence-corrected chi connectivity index (χ1v) is 13.4. The third kappa shape index (κ3) is 7.57. The molecule has 0 bridgehead atoms. The van der Waals surface area contributed by atoms with Gasteiger partial charge in [-0.3, -0.25) is 9.59 Å². The fraction of sp³-hybridized carbons (Fsp3) is 0.733. The Balaban J connectivity index is 2.93. The van der Waals surface area contributed by atoms with Crippen molar-refractivity contribution in [2.75, 3.05) is 14.2 Å². The predicted molar refractivity (Wildman–Crippen MR) is 145 cm³/mol. The molecule has 0 amide bonds. The number of ether oxygens (including phenoxy) is 6. The van der Waals surface area contributed by atoms with Crippen LogP contribution in [0.2, 0.25) is 0 Å². The first kappa shape index (κ1) is 33.2. The Morgan fingerprint density at radius 2 is 0.725 bits per heavy atom. The third-order valence-electron chi connectivity index (χ3n) is 5.87. The highest BCUT2D eigenvalue weighted by molar-refractivity contribution is 6.01. The van der Waals surface area contributed by atoms with E-state index in [1.54, 1.807) is 83.1 Å². The van der Waals surface area contributed by atoms with E-state index in [9.17, 15) is 19.2 Å². The summed E-state index contributed by atoms with van der Waals surface area (Å²) in [4.78, 5) is 55.0. The SMILES string of the molecule is COC1=C(C(=O)OC(C)(C)C)[C@@H]2C(C(=O)OC(C)(C)C)C(OC)=C(C(=O)OC(C)(C)C)[C@@H]2C1C(=O)OC(C)(C)C. The maximum Gasteiger partial charge on any atom is 0.338 e. The first-order chi connectivity index (χ1) is 17.9. The van der Waals surface area contributed by atoms with Crippen LogP contribution in [-0.4, -0.2) is 60.5 Å². The molecule has 0 aliphatic heterocycles. The molecule has 0 saturated carbocycles. The second kappa shape index (κ2) is 11.1. The lowest BCUT2D eigenvalue weighted by molar-refractivity contribution is -0.165. The van der Waals surface area contributed by atoms with Gasteiger partial charge in [0.15, 0.2) is 0 Å². The van der Waals surface area contributed by atoms with Gasteiger partial charge < -0.3 is 28.4 Å². The normalized spacial score (nSPS) is 23.4. The molecule has 2 unspecified atom stereocenters. The van der Waals surface area contributed by atoms with Gasteiger partial charge in [-0.25, -0.2) is 9.59 Å². The minimum Gasteiger partial charge on any atom is -0.500 e. The predicted octanol–water partition coefficient (Wildman–Crippen LogP) is 4.65. The van der Waals surface area contributed by atoms with E-state index in [1.165, 1.54) is 14.2 Å². The zero-order valence-corrected chi connectivity index (χ0v) is 26.4. The van der Waals surface area contributed by atoms with Crippen LogP contribution in [0.3, 0.4) is 0 Å². The summed E-state index contributed by atoms with van der Waals surface area (Å²) in [7, 11) is 2.63. The quantitative estimate of drug-likeness (QED) is 0.332. The zero-order valence-electron chi connectivity index (χ0n) is 26.4. The van der Waals surface area contributed by atoms with E-state index in [-0.39, 0.29) is 22.7 Å². The molecule has 4 atom stereocenters. The fourth-order valence-electron chi connectivity index (χ4n) is 4.95. The average Bonchev–Trinajstić information content (AvgIpc) is 3.19. The minimum atomic E-state index is -1.27. The molecule has 0 aromatic rings. The number of hydrogen-bond donors (Lipinski definition) is 0. The van der Waals surface area contributed by atoms with Crippen LogP contribution in [0.15, 0.2) is 22.7 Å². The van der Waals surface area contributed by atoms with Crippen LogP contribution in [0, 0.1) is 23.7 Å². The van der Waals surface area contributed by atoms with Gasteiger partial charge in [-0.1, -0.05) is 0 Å². The Hall–Kier alpha value is -3.04. The van der Waals surface area contributed by atoms with Gasteiger partial charge in [0.1, 0.15) is 45.8 Å². The summed E-state index contributed by atoms with van der Waals surface area (Å²) < 4.78 is 34.2. The molecule has 2 aliphatic rings. The number of hydrogen-bond acceptors (Lipinski definition) is 10. The third-order valence-corrected chi connectivity index (χ3v) is 5.87. The second-order valence-corrected chi connectivity index (χ2v) is 14.0. The van der Waals surface area contributed by atoms with E-state index in [0.29, 0.717) is 0 Å². The lowest BCUT2D eigenvalue weighted by Crippen LogP contribution is -2.37. The van der Waals surface area contributed by atoms with Crippen molar-refractivity contribution >= 4 is 23.9 Å². The lowest BCUT2D eigenvalue weighted by atomic mass is 9.80. The largest absolute Gasteiger partial charge is 0.500 e. The molecule has 0 heterocycles. The Morgan fingerprint density at radius 1 is 0.475 bits per heavy atom. The van der Waals surface area contributed by atoms with E-state index < -0.39 is 70.0 Å². The average molecular weight is 567 g/mol. The number of carbonyl (C=O) groups is 4. The van der Waals surface area contributed by atoms with Crippen molar-refractivity contribution < 1.29 is 47.6 Å². The van der Waals surface area contributed by atoms with Crippen molar-refractivity contribution in [1.29, 1.82) is 0 Å². The van der Waals surface area contributed by atoms with E-state index in [2.05, 4.69) is 0 Å². The fourth-order valence-corrected chi connectivity index (χ4v) is 4.95. The first-order valence-electron chi connectivity index (χ1n) is 13.4. The highest BCUT2D eigenvalue weighted by atomic mass is 16.6. The highest BCUT2D eigenvalue weighted by Crippen LogP contribution is 2.58. The summed E-state index contributed by atoms with van der Waals surface area (Å²) in [5.41, 5.74) is -3.72. The second-order valence-electron chi connectivity index (χ2n) is 14.0. The summed E-state index contributed by atoms with van der Waals surface area (Å²) in [6, 6.07) is 0. The molecule has 2 aliphatic carbocycles. The lowest BCUT2D eigenvalue weighted by Gasteiger charge is -2.28. The summed E-state index contributed by atoms with van der Waals surface area (Å²) in [5, 5.41) is 0. The monoisotopic (exact) mass is 566 g/mol. The van der Waals surface area contributed by atoms with Gasteiger partial charge in [-0.15, -0.1) is 0 Å². The molecule has 0 radical (unpaired) electrons. The standard InChI is InChI=1S/C30H46O10/c1-27(2,3)37-23(31)17-15-16(19(21(17)35-13)25(33)39-29(7,8)9)20(26(34)40-30(10,11)12)22(36-14)18(15)24(32)38-28(4,5)6/h15-17,20H,1-14H3/t15-,16+,17?,20?/m0/s1. The molecule has 0 N–H and O–H groups in total. The van der Waals surface area contributed by atoms with E-state index >= 15 is 0 Å². The van der Waals surface area contributed by atoms with Gasteiger partial charge in [-0.05, 0) is 83.1 Å². The summed E-state index contributed by atoms with van der Waals surface area (Å²) in [5.74, 6) is -7.84. The van der Waals surface area contributed by atoms with Crippen LogP contribution in [-0.2, 0) is 47.6 Å². The molecule has 10 heteroatoms. The molecule has 226 valence electrons. The van der Waals surface area contributed by atoms with Crippen LogP contribution in [0.25, 0.3) is 0 Å². The maximum atomic E-state index is 13.8. The molecule has 0 fully saturated rings. The Kier molecular flexibility index (Phi) is 9.19. The molecule has 0 aromatic heterocycles. The Labute approximate surface area is 237 Å². The molecule has 0 aromatic carbocycles. The van der Waals surface area contributed by atoms with Crippen LogP contribution in [0.5, 0.6) is 0 Å². The topological polar surface area (TPSA) is 124 Å². The summed E-state index contributed by atoms with van der Waals surface area (Å²) in [6.07, 6.45) is 0. The Bertz CT molecular complexity index is 1010. The summed E-state index contributed by atoms with van der Waals surface area (Å²) >= 11 is 0. The maximum absolute atomic E-state index is 13.8. The molecule has 10 nitrogen and oxygen atoms in total.